The molecule has 2 aromatic rings. The lowest BCUT2D eigenvalue weighted by Gasteiger charge is -2.30. The van der Waals surface area contributed by atoms with Crippen LogP contribution in [0.5, 0.6) is 0 Å². The number of nitrogens with zero attached hydrogens (tertiary/aromatic N) is 2. The molecule has 0 fully saturated rings. The highest BCUT2D eigenvalue weighted by Crippen LogP contribution is 2.29. The van der Waals surface area contributed by atoms with E-state index < -0.39 is 5.97 Å². The van der Waals surface area contributed by atoms with Crippen LogP contribution in [-0.2, 0) is 9.53 Å². The van der Waals surface area contributed by atoms with E-state index in [-0.39, 0.29) is 24.6 Å². The van der Waals surface area contributed by atoms with Crippen LogP contribution >= 0.6 is 22.9 Å². The molecule has 0 aliphatic carbocycles. The van der Waals surface area contributed by atoms with Gasteiger partial charge in [0.2, 0.25) is 0 Å². The van der Waals surface area contributed by atoms with Gasteiger partial charge < -0.3 is 9.64 Å². The lowest BCUT2D eigenvalue weighted by molar-refractivity contribution is -0.138. The van der Waals surface area contributed by atoms with Gasteiger partial charge in [0, 0.05) is 22.7 Å². The van der Waals surface area contributed by atoms with Crippen molar-refractivity contribution in [2.75, 3.05) is 6.61 Å². The van der Waals surface area contributed by atoms with E-state index >= 15 is 0 Å². The zero-order valence-corrected chi connectivity index (χ0v) is 17.1. The maximum Gasteiger partial charge on any atom is 0.350 e. The van der Waals surface area contributed by atoms with Gasteiger partial charge in [0.05, 0.1) is 5.69 Å². The number of rotatable bonds is 6. The Morgan fingerprint density at radius 3 is 2.46 bits per heavy atom. The van der Waals surface area contributed by atoms with Crippen LogP contribution in [0.25, 0.3) is 10.6 Å². The Morgan fingerprint density at radius 1 is 1.23 bits per heavy atom. The molecule has 1 heterocycles. The van der Waals surface area contributed by atoms with E-state index in [1.165, 1.54) is 11.3 Å². The maximum absolute atomic E-state index is 12.4. The number of hydrogen-bond donors (Lipinski definition) is 0. The molecule has 0 aliphatic heterocycles. The molecule has 2 rings (SSSR count). The van der Waals surface area contributed by atoms with Gasteiger partial charge in [-0.1, -0.05) is 23.7 Å². The molecule has 0 atom stereocenters. The second-order valence-corrected chi connectivity index (χ2v) is 7.94. The maximum atomic E-state index is 12.4. The van der Waals surface area contributed by atoms with Crippen LogP contribution in [0.2, 0.25) is 5.02 Å². The first-order chi connectivity index (χ1) is 12.2. The van der Waals surface area contributed by atoms with Crippen LogP contribution in [0.15, 0.2) is 24.3 Å². The first kappa shape index (κ1) is 20.4. The van der Waals surface area contributed by atoms with Crippen molar-refractivity contribution in [2.45, 2.75) is 46.7 Å². The van der Waals surface area contributed by atoms with Crippen LogP contribution < -0.4 is 0 Å². The fourth-order valence-corrected chi connectivity index (χ4v) is 3.92. The Morgan fingerprint density at radius 2 is 1.88 bits per heavy atom. The Bertz CT molecular complexity index is 794. The van der Waals surface area contributed by atoms with Crippen LogP contribution in [-0.4, -0.2) is 40.5 Å². The minimum Gasteiger partial charge on any atom is -0.451 e. The summed E-state index contributed by atoms with van der Waals surface area (Å²) >= 11 is 7.25. The molecule has 1 aromatic carbocycles. The number of thiazole rings is 1. The fourth-order valence-electron chi connectivity index (χ4n) is 2.77. The SMILES string of the molecule is Cc1nc(-c2cccc(Cl)c2)sc1C(=O)OCC(=O)N(C(C)C)C(C)C. The van der Waals surface area contributed by atoms with Gasteiger partial charge in [-0.15, -0.1) is 11.3 Å². The average molecular weight is 395 g/mol. The predicted octanol–water partition coefficient (Wildman–Crippen LogP) is 4.57. The van der Waals surface area contributed by atoms with Gasteiger partial charge in [0.1, 0.15) is 9.88 Å². The number of ether oxygens (including phenoxy) is 1. The molecule has 26 heavy (non-hydrogen) atoms. The second-order valence-electron chi connectivity index (χ2n) is 6.51. The summed E-state index contributed by atoms with van der Waals surface area (Å²) in [5.74, 6) is -0.741. The number of benzene rings is 1. The summed E-state index contributed by atoms with van der Waals surface area (Å²) in [7, 11) is 0. The van der Waals surface area contributed by atoms with Gasteiger partial charge in [-0.2, -0.15) is 0 Å². The lowest BCUT2D eigenvalue weighted by Crippen LogP contribution is -2.44. The van der Waals surface area contributed by atoms with Gasteiger partial charge in [-0.25, -0.2) is 9.78 Å². The molecule has 5 nitrogen and oxygen atoms in total. The number of aryl methyl sites for hydroxylation is 1. The van der Waals surface area contributed by atoms with Crippen LogP contribution in [0.1, 0.15) is 43.1 Å². The number of esters is 1. The van der Waals surface area contributed by atoms with Gasteiger partial charge in [0.25, 0.3) is 5.91 Å². The van der Waals surface area contributed by atoms with Crippen LogP contribution in [0, 0.1) is 6.92 Å². The molecule has 0 unspecified atom stereocenters. The van der Waals surface area contributed by atoms with Gasteiger partial charge in [0.15, 0.2) is 6.61 Å². The minimum atomic E-state index is -0.533. The molecule has 0 bridgehead atoms. The molecule has 0 spiro atoms. The normalized spacial score (nSPS) is 11.1. The summed E-state index contributed by atoms with van der Waals surface area (Å²) in [6.07, 6.45) is 0. The number of carbonyl (C=O) groups is 2. The van der Waals surface area contributed by atoms with Crippen LogP contribution in [0.4, 0.5) is 0 Å². The first-order valence-corrected chi connectivity index (χ1v) is 9.61. The Labute approximate surface area is 162 Å². The Kier molecular flexibility index (Phi) is 6.78. The quantitative estimate of drug-likeness (QED) is 0.673. The number of halogens is 1. The molecule has 1 aromatic heterocycles. The van der Waals surface area contributed by atoms with Crippen molar-refractivity contribution >= 4 is 34.8 Å². The summed E-state index contributed by atoms with van der Waals surface area (Å²) in [4.78, 5) is 31.2. The molecule has 0 saturated heterocycles. The average Bonchev–Trinajstić information content (AvgIpc) is 2.94. The topological polar surface area (TPSA) is 59.5 Å². The third-order valence-electron chi connectivity index (χ3n) is 3.78. The van der Waals surface area contributed by atoms with E-state index in [0.29, 0.717) is 20.6 Å². The zero-order valence-electron chi connectivity index (χ0n) is 15.6. The van der Waals surface area contributed by atoms with E-state index in [1.807, 2.05) is 39.8 Å². The van der Waals surface area contributed by atoms with E-state index in [9.17, 15) is 9.59 Å². The predicted molar refractivity (Wildman–Crippen MR) is 105 cm³/mol. The van der Waals surface area contributed by atoms with Crippen molar-refractivity contribution in [1.82, 2.24) is 9.88 Å². The van der Waals surface area contributed by atoms with Crippen molar-refractivity contribution in [1.29, 1.82) is 0 Å². The summed E-state index contributed by atoms with van der Waals surface area (Å²) in [5, 5.41) is 1.29. The van der Waals surface area contributed by atoms with Crippen molar-refractivity contribution < 1.29 is 14.3 Å². The van der Waals surface area contributed by atoms with E-state index in [2.05, 4.69) is 4.98 Å². The highest BCUT2D eigenvalue weighted by Gasteiger charge is 2.23. The monoisotopic (exact) mass is 394 g/mol. The molecule has 0 N–H and O–H groups in total. The zero-order chi connectivity index (χ0) is 19.4. The largest absolute Gasteiger partial charge is 0.451 e. The fraction of sp³-hybridized carbons (Fsp3) is 0.421. The number of aromatic nitrogens is 1. The molecule has 0 saturated carbocycles. The van der Waals surface area contributed by atoms with Crippen LogP contribution in [0.3, 0.4) is 0 Å². The number of amides is 1. The summed E-state index contributed by atoms with van der Waals surface area (Å²) in [6, 6.07) is 7.37. The second kappa shape index (κ2) is 8.64. The number of carbonyl (C=O) groups excluding carboxylic acids is 2. The van der Waals surface area contributed by atoms with E-state index in [1.54, 1.807) is 24.0 Å². The van der Waals surface area contributed by atoms with Crippen molar-refractivity contribution in [3.8, 4) is 10.6 Å². The smallest absolute Gasteiger partial charge is 0.350 e. The summed E-state index contributed by atoms with van der Waals surface area (Å²) in [5.41, 5.74) is 1.42. The standard InChI is InChI=1S/C19H23ClN2O3S/c1-11(2)22(12(3)4)16(23)10-25-19(24)17-13(5)21-18(26-17)14-7-6-8-15(20)9-14/h6-9,11-12H,10H2,1-5H3. The molecular weight excluding hydrogens is 372 g/mol. The Hall–Kier alpha value is -1.92. The van der Waals surface area contributed by atoms with Crippen molar-refractivity contribution in [3.63, 3.8) is 0 Å². The highest BCUT2D eigenvalue weighted by molar-refractivity contribution is 7.17. The highest BCUT2D eigenvalue weighted by atomic mass is 35.5. The van der Waals surface area contributed by atoms with Gasteiger partial charge in [-0.3, -0.25) is 4.79 Å². The summed E-state index contributed by atoms with van der Waals surface area (Å²) in [6.45, 7) is 9.21. The molecule has 140 valence electrons. The van der Waals surface area contributed by atoms with E-state index in [4.69, 9.17) is 16.3 Å². The minimum absolute atomic E-state index is 0.0424. The van der Waals surface area contributed by atoms with Gasteiger partial charge >= 0.3 is 5.97 Å². The molecular formula is C19H23ClN2O3S. The molecule has 1 amide bonds. The third kappa shape index (κ3) is 4.83. The molecule has 0 radical (unpaired) electrons. The number of hydrogen-bond acceptors (Lipinski definition) is 5. The summed E-state index contributed by atoms with van der Waals surface area (Å²) < 4.78 is 5.24. The van der Waals surface area contributed by atoms with Crippen molar-refractivity contribution in [2.24, 2.45) is 0 Å². The molecule has 0 aliphatic rings. The first-order valence-electron chi connectivity index (χ1n) is 8.42. The molecule has 7 heteroatoms. The lowest BCUT2D eigenvalue weighted by atomic mass is 10.2. The van der Waals surface area contributed by atoms with Crippen molar-refractivity contribution in [3.05, 3.63) is 39.9 Å². The Balaban J connectivity index is 2.10. The van der Waals surface area contributed by atoms with E-state index in [0.717, 1.165) is 5.56 Å². The van der Waals surface area contributed by atoms with Gasteiger partial charge in [-0.05, 0) is 46.8 Å². The third-order valence-corrected chi connectivity index (χ3v) is 5.20.